The normalized spacial score (nSPS) is 22.1. The molecule has 1 aromatic rings. The van der Waals surface area contributed by atoms with Gasteiger partial charge in [0.25, 0.3) is 0 Å². The van der Waals surface area contributed by atoms with Crippen LogP contribution in [0.2, 0.25) is 0 Å². The molecule has 2 unspecified atom stereocenters. The van der Waals surface area contributed by atoms with E-state index in [0.717, 1.165) is 54.4 Å². The molecule has 0 aliphatic heterocycles. The Hall–Kier alpha value is -1.32. The minimum absolute atomic E-state index is 0.788. The summed E-state index contributed by atoms with van der Waals surface area (Å²) < 4.78 is 0. The maximum absolute atomic E-state index is 4.67. The Morgan fingerprint density at radius 1 is 1.10 bits per heavy atom. The monoisotopic (exact) mass is 290 g/mol. The van der Waals surface area contributed by atoms with Gasteiger partial charge in [-0.2, -0.15) is 0 Å². The van der Waals surface area contributed by atoms with Crippen molar-refractivity contribution in [2.75, 3.05) is 23.7 Å². The van der Waals surface area contributed by atoms with Gasteiger partial charge in [-0.15, -0.1) is 0 Å². The van der Waals surface area contributed by atoms with Crippen LogP contribution >= 0.6 is 0 Å². The lowest BCUT2D eigenvalue weighted by Gasteiger charge is -2.27. The molecule has 4 nitrogen and oxygen atoms in total. The van der Waals surface area contributed by atoms with Crippen molar-refractivity contribution in [1.82, 2.24) is 9.97 Å². The van der Waals surface area contributed by atoms with Crippen LogP contribution in [0.15, 0.2) is 0 Å². The van der Waals surface area contributed by atoms with Crippen LogP contribution in [0, 0.1) is 18.8 Å². The summed E-state index contributed by atoms with van der Waals surface area (Å²) in [5.41, 5.74) is 1.14. The number of nitrogens with one attached hydrogen (secondary N) is 2. The molecule has 21 heavy (non-hydrogen) atoms. The molecule has 0 spiro atoms. The molecule has 0 bridgehead atoms. The van der Waals surface area contributed by atoms with Crippen molar-refractivity contribution in [3.05, 3.63) is 11.4 Å². The quantitative estimate of drug-likeness (QED) is 0.831. The topological polar surface area (TPSA) is 49.8 Å². The Morgan fingerprint density at radius 3 is 2.43 bits per heavy atom. The van der Waals surface area contributed by atoms with Crippen LogP contribution in [0.3, 0.4) is 0 Å². The third kappa shape index (κ3) is 4.32. The highest BCUT2D eigenvalue weighted by Crippen LogP contribution is 2.29. The average Bonchev–Trinajstić information content (AvgIpc) is 2.48. The van der Waals surface area contributed by atoms with Crippen molar-refractivity contribution in [2.24, 2.45) is 11.8 Å². The van der Waals surface area contributed by atoms with Crippen LogP contribution in [-0.2, 0) is 6.42 Å². The van der Waals surface area contributed by atoms with Gasteiger partial charge in [-0.05, 0) is 38.5 Å². The number of hydrogen-bond acceptors (Lipinski definition) is 4. The van der Waals surface area contributed by atoms with E-state index in [0.29, 0.717) is 0 Å². The van der Waals surface area contributed by atoms with Gasteiger partial charge in [0, 0.05) is 25.1 Å². The molecule has 2 N–H and O–H groups in total. The van der Waals surface area contributed by atoms with Crippen LogP contribution in [0.4, 0.5) is 11.6 Å². The minimum Gasteiger partial charge on any atom is -0.370 e. The molecule has 1 saturated carbocycles. The van der Waals surface area contributed by atoms with E-state index < -0.39 is 0 Å². The van der Waals surface area contributed by atoms with Gasteiger partial charge >= 0.3 is 0 Å². The first-order valence-corrected chi connectivity index (χ1v) is 8.49. The predicted octanol–water partition coefficient (Wildman–Crippen LogP) is 4.02. The smallest absolute Gasteiger partial charge is 0.134 e. The number of aromatic nitrogens is 2. The Bertz CT molecular complexity index is 458. The van der Waals surface area contributed by atoms with Crippen LogP contribution in [0.25, 0.3) is 0 Å². The average molecular weight is 290 g/mol. The van der Waals surface area contributed by atoms with Crippen molar-refractivity contribution < 1.29 is 0 Å². The van der Waals surface area contributed by atoms with E-state index in [1.54, 1.807) is 0 Å². The molecule has 0 aromatic carbocycles. The molecule has 118 valence electrons. The predicted molar refractivity (Wildman–Crippen MR) is 89.9 cm³/mol. The maximum atomic E-state index is 4.67. The first kappa shape index (κ1) is 16.1. The Morgan fingerprint density at radius 2 is 1.81 bits per heavy atom. The van der Waals surface area contributed by atoms with E-state index in [-0.39, 0.29) is 0 Å². The summed E-state index contributed by atoms with van der Waals surface area (Å²) in [5.74, 6) is 4.56. The fourth-order valence-electron chi connectivity index (χ4n) is 3.22. The number of anilines is 2. The highest BCUT2D eigenvalue weighted by Gasteiger charge is 2.19. The number of hydrogen-bond donors (Lipinski definition) is 2. The number of aryl methyl sites for hydroxylation is 1. The number of rotatable bonds is 6. The summed E-state index contributed by atoms with van der Waals surface area (Å²) in [5, 5.41) is 6.93. The van der Waals surface area contributed by atoms with Crippen LogP contribution in [0.1, 0.15) is 57.8 Å². The molecule has 1 fully saturated rings. The van der Waals surface area contributed by atoms with Crippen molar-refractivity contribution >= 4 is 11.6 Å². The summed E-state index contributed by atoms with van der Waals surface area (Å²) >= 11 is 0. The standard InChI is InChI=1S/C17H30N4/c1-5-15-20-16(18-6-2)13(4)17(21-15)19-11-14-9-7-8-12(3)10-14/h12,14H,5-11H2,1-4H3,(H2,18,19,20,21). The highest BCUT2D eigenvalue weighted by atomic mass is 15.1. The van der Waals surface area contributed by atoms with Gasteiger partial charge < -0.3 is 10.6 Å². The second kappa shape index (κ2) is 7.62. The first-order valence-electron chi connectivity index (χ1n) is 8.49. The third-order valence-electron chi connectivity index (χ3n) is 4.46. The van der Waals surface area contributed by atoms with Crippen LogP contribution in [-0.4, -0.2) is 23.1 Å². The molecule has 4 heteroatoms. The fraction of sp³-hybridized carbons (Fsp3) is 0.765. The third-order valence-corrected chi connectivity index (χ3v) is 4.46. The van der Waals surface area contributed by atoms with Gasteiger partial charge in [-0.3, -0.25) is 0 Å². The Balaban J connectivity index is 2.05. The highest BCUT2D eigenvalue weighted by molar-refractivity contribution is 5.57. The van der Waals surface area contributed by atoms with Gasteiger partial charge in [0.05, 0.1) is 0 Å². The van der Waals surface area contributed by atoms with Crippen molar-refractivity contribution in [1.29, 1.82) is 0 Å². The lowest BCUT2D eigenvalue weighted by Crippen LogP contribution is -2.22. The van der Waals surface area contributed by atoms with Gasteiger partial charge in [0.1, 0.15) is 17.5 Å². The van der Waals surface area contributed by atoms with E-state index in [1.807, 2.05) is 0 Å². The molecular formula is C17H30N4. The summed E-state index contributed by atoms with van der Waals surface area (Å²) in [6.45, 7) is 10.6. The van der Waals surface area contributed by atoms with E-state index in [2.05, 4.69) is 48.3 Å². The molecule has 0 amide bonds. The molecule has 1 heterocycles. The van der Waals surface area contributed by atoms with Crippen molar-refractivity contribution in [3.63, 3.8) is 0 Å². The van der Waals surface area contributed by atoms with Gasteiger partial charge in [0.2, 0.25) is 0 Å². The largest absolute Gasteiger partial charge is 0.370 e. The number of nitrogens with zero attached hydrogens (tertiary/aromatic N) is 2. The molecule has 1 aromatic heterocycles. The second-order valence-corrected chi connectivity index (χ2v) is 6.36. The van der Waals surface area contributed by atoms with Gasteiger partial charge in [-0.1, -0.05) is 26.7 Å². The lowest BCUT2D eigenvalue weighted by atomic mass is 9.82. The zero-order valence-corrected chi connectivity index (χ0v) is 14.0. The summed E-state index contributed by atoms with van der Waals surface area (Å²) in [7, 11) is 0. The second-order valence-electron chi connectivity index (χ2n) is 6.36. The fourth-order valence-corrected chi connectivity index (χ4v) is 3.22. The maximum Gasteiger partial charge on any atom is 0.134 e. The van der Waals surface area contributed by atoms with Crippen molar-refractivity contribution in [3.8, 4) is 0 Å². The summed E-state index contributed by atoms with van der Waals surface area (Å²) in [6.07, 6.45) is 6.33. The SMILES string of the molecule is CCNc1nc(CC)nc(NCC2CCCC(C)C2)c1C. The van der Waals surface area contributed by atoms with E-state index in [4.69, 9.17) is 0 Å². The van der Waals surface area contributed by atoms with Crippen LogP contribution in [0.5, 0.6) is 0 Å². The molecule has 2 rings (SSSR count). The lowest BCUT2D eigenvalue weighted by molar-refractivity contribution is 0.293. The van der Waals surface area contributed by atoms with Gasteiger partial charge in [0.15, 0.2) is 0 Å². The zero-order valence-electron chi connectivity index (χ0n) is 14.0. The van der Waals surface area contributed by atoms with Gasteiger partial charge in [-0.25, -0.2) is 9.97 Å². The van der Waals surface area contributed by atoms with E-state index in [1.165, 1.54) is 25.7 Å². The minimum atomic E-state index is 0.788. The van der Waals surface area contributed by atoms with Crippen molar-refractivity contribution in [2.45, 2.75) is 59.8 Å². The molecular weight excluding hydrogens is 260 g/mol. The van der Waals surface area contributed by atoms with Crippen LogP contribution < -0.4 is 10.6 Å². The molecule has 1 aliphatic carbocycles. The first-order chi connectivity index (χ1) is 10.1. The molecule has 2 atom stereocenters. The van der Waals surface area contributed by atoms with E-state index >= 15 is 0 Å². The summed E-state index contributed by atoms with van der Waals surface area (Å²) in [4.78, 5) is 9.26. The Labute approximate surface area is 129 Å². The molecule has 0 radical (unpaired) electrons. The zero-order chi connectivity index (χ0) is 15.2. The summed E-state index contributed by atoms with van der Waals surface area (Å²) in [6, 6.07) is 0. The molecule has 0 saturated heterocycles. The molecule has 1 aliphatic rings. The Kier molecular flexibility index (Phi) is 5.83. The van der Waals surface area contributed by atoms with E-state index in [9.17, 15) is 0 Å².